The van der Waals surface area contributed by atoms with Crippen LogP contribution in [0.4, 0.5) is 0 Å². The number of para-hydroxylation sites is 1. The van der Waals surface area contributed by atoms with Crippen LogP contribution in [-0.4, -0.2) is 25.6 Å². The molecule has 1 atom stereocenters. The predicted octanol–water partition coefficient (Wildman–Crippen LogP) is 3.48. The molecule has 0 saturated carbocycles. The highest BCUT2D eigenvalue weighted by atomic mass is 16.5. The number of carbonyl (C=O) groups is 2. The molecule has 0 aliphatic heterocycles. The second kappa shape index (κ2) is 7.74. The largest absolute Gasteiger partial charge is 0.497 e. The van der Waals surface area contributed by atoms with Crippen LogP contribution < -0.4 is 10.1 Å². The maximum absolute atomic E-state index is 12.0. The number of methoxy groups -OCH3 is 1. The van der Waals surface area contributed by atoms with Crippen LogP contribution in [-0.2, 0) is 9.53 Å². The Hall–Kier alpha value is -3.28. The van der Waals surface area contributed by atoms with Gasteiger partial charge in [0.2, 0.25) is 0 Å². The van der Waals surface area contributed by atoms with Crippen molar-refractivity contribution in [1.29, 1.82) is 0 Å². The van der Waals surface area contributed by atoms with Gasteiger partial charge < -0.3 is 19.2 Å². The quantitative estimate of drug-likeness (QED) is 0.687. The Morgan fingerprint density at radius 2 is 1.92 bits per heavy atom. The van der Waals surface area contributed by atoms with Crippen molar-refractivity contribution < 1.29 is 23.5 Å². The molecule has 1 N–H and O–H groups in total. The van der Waals surface area contributed by atoms with Crippen molar-refractivity contribution in [3.8, 4) is 5.75 Å². The molecule has 26 heavy (non-hydrogen) atoms. The fraction of sp³-hybridized carbons (Fsp3) is 0.200. The third-order valence-corrected chi connectivity index (χ3v) is 3.89. The number of rotatable bonds is 6. The number of fused-ring (bicyclic) bond motifs is 1. The van der Waals surface area contributed by atoms with Crippen LogP contribution in [0.15, 0.2) is 59.0 Å². The molecule has 1 aromatic heterocycles. The van der Waals surface area contributed by atoms with Gasteiger partial charge in [-0.3, -0.25) is 4.79 Å². The van der Waals surface area contributed by atoms with Gasteiger partial charge in [0, 0.05) is 5.39 Å². The first-order valence-electron chi connectivity index (χ1n) is 8.16. The monoisotopic (exact) mass is 353 g/mol. The molecular weight excluding hydrogens is 334 g/mol. The van der Waals surface area contributed by atoms with E-state index < -0.39 is 11.9 Å². The molecule has 0 fully saturated rings. The Morgan fingerprint density at radius 1 is 1.12 bits per heavy atom. The maximum Gasteiger partial charge on any atom is 0.338 e. The van der Waals surface area contributed by atoms with Crippen LogP contribution in [0.5, 0.6) is 5.75 Å². The first-order valence-corrected chi connectivity index (χ1v) is 8.16. The van der Waals surface area contributed by atoms with Gasteiger partial charge in [-0.05, 0) is 37.3 Å². The van der Waals surface area contributed by atoms with E-state index in [1.807, 2.05) is 30.3 Å². The average Bonchev–Trinajstić information content (AvgIpc) is 3.10. The Labute approximate surface area is 150 Å². The van der Waals surface area contributed by atoms with E-state index in [1.165, 1.54) is 7.11 Å². The summed E-state index contributed by atoms with van der Waals surface area (Å²) >= 11 is 0. The SMILES string of the molecule is COc1cccc(C(=O)OCC(=O)N[C@@H](C)c2cc3ccccc3o2)c1. The molecule has 1 heterocycles. The highest BCUT2D eigenvalue weighted by Crippen LogP contribution is 2.23. The molecule has 0 radical (unpaired) electrons. The smallest absolute Gasteiger partial charge is 0.338 e. The summed E-state index contributed by atoms with van der Waals surface area (Å²) in [5.74, 6) is 0.186. The molecule has 3 rings (SSSR count). The van der Waals surface area contributed by atoms with Gasteiger partial charge in [-0.1, -0.05) is 24.3 Å². The zero-order valence-electron chi connectivity index (χ0n) is 14.5. The molecule has 6 heteroatoms. The molecule has 2 aromatic carbocycles. The molecule has 0 saturated heterocycles. The number of nitrogens with one attached hydrogen (secondary N) is 1. The molecule has 0 spiro atoms. The number of hydrogen-bond acceptors (Lipinski definition) is 5. The lowest BCUT2D eigenvalue weighted by Gasteiger charge is -2.11. The number of benzene rings is 2. The minimum absolute atomic E-state index is 0.322. The molecule has 0 bridgehead atoms. The number of ether oxygens (including phenoxy) is 2. The normalized spacial score (nSPS) is 11.8. The summed E-state index contributed by atoms with van der Waals surface area (Å²) in [6, 6.07) is 15.7. The van der Waals surface area contributed by atoms with E-state index in [0.29, 0.717) is 17.1 Å². The minimum atomic E-state index is -0.588. The van der Waals surface area contributed by atoms with Gasteiger partial charge >= 0.3 is 5.97 Å². The first kappa shape index (κ1) is 17.5. The van der Waals surface area contributed by atoms with Gasteiger partial charge in [0.05, 0.1) is 18.7 Å². The maximum atomic E-state index is 12.0. The number of hydrogen-bond donors (Lipinski definition) is 1. The van der Waals surface area contributed by atoms with Crippen molar-refractivity contribution in [3.05, 3.63) is 65.9 Å². The zero-order chi connectivity index (χ0) is 18.5. The van der Waals surface area contributed by atoms with Crippen LogP contribution in [0.25, 0.3) is 11.0 Å². The Balaban J connectivity index is 1.55. The van der Waals surface area contributed by atoms with Crippen molar-refractivity contribution >= 4 is 22.8 Å². The molecular formula is C20H19NO5. The Bertz CT molecular complexity index is 898. The third kappa shape index (κ3) is 4.03. The summed E-state index contributed by atoms with van der Waals surface area (Å²) in [4.78, 5) is 24.1. The summed E-state index contributed by atoms with van der Waals surface area (Å²) in [6.45, 7) is 1.43. The van der Waals surface area contributed by atoms with E-state index in [4.69, 9.17) is 13.9 Å². The van der Waals surface area contributed by atoms with Gasteiger partial charge in [0.15, 0.2) is 6.61 Å². The van der Waals surface area contributed by atoms with Crippen LogP contribution in [0, 0.1) is 0 Å². The Kier molecular flexibility index (Phi) is 5.22. The van der Waals surface area contributed by atoms with Crippen molar-refractivity contribution in [2.45, 2.75) is 13.0 Å². The van der Waals surface area contributed by atoms with E-state index in [9.17, 15) is 9.59 Å². The average molecular weight is 353 g/mol. The number of amides is 1. The van der Waals surface area contributed by atoms with Gasteiger partial charge in [0.1, 0.15) is 17.1 Å². The zero-order valence-corrected chi connectivity index (χ0v) is 14.5. The summed E-state index contributed by atoms with van der Waals surface area (Å²) in [5.41, 5.74) is 1.08. The highest BCUT2D eigenvalue weighted by Gasteiger charge is 2.16. The van der Waals surface area contributed by atoms with E-state index in [0.717, 1.165) is 11.0 Å². The number of carbonyl (C=O) groups excluding carboxylic acids is 2. The lowest BCUT2D eigenvalue weighted by Crippen LogP contribution is -2.31. The van der Waals surface area contributed by atoms with Crippen LogP contribution in [0.3, 0.4) is 0 Å². The second-order valence-electron chi connectivity index (χ2n) is 5.78. The molecule has 3 aromatic rings. The number of furan rings is 1. The molecule has 1 amide bonds. The fourth-order valence-electron chi connectivity index (χ4n) is 2.53. The summed E-state index contributed by atoms with van der Waals surface area (Å²) < 4.78 is 15.8. The fourth-order valence-corrected chi connectivity index (χ4v) is 2.53. The van der Waals surface area contributed by atoms with Crippen molar-refractivity contribution in [1.82, 2.24) is 5.32 Å². The van der Waals surface area contributed by atoms with Gasteiger partial charge in [-0.2, -0.15) is 0 Å². The van der Waals surface area contributed by atoms with Gasteiger partial charge in [0.25, 0.3) is 5.91 Å². The summed E-state index contributed by atoms with van der Waals surface area (Å²) in [5, 5.41) is 3.72. The van der Waals surface area contributed by atoms with Crippen LogP contribution >= 0.6 is 0 Å². The summed E-state index contributed by atoms with van der Waals surface area (Å²) in [7, 11) is 1.51. The molecule has 0 aliphatic rings. The van der Waals surface area contributed by atoms with E-state index >= 15 is 0 Å². The van der Waals surface area contributed by atoms with Crippen molar-refractivity contribution in [2.75, 3.05) is 13.7 Å². The number of esters is 1. The van der Waals surface area contributed by atoms with Crippen LogP contribution in [0.1, 0.15) is 29.1 Å². The minimum Gasteiger partial charge on any atom is -0.497 e. The lowest BCUT2D eigenvalue weighted by molar-refractivity contribution is -0.125. The first-order chi connectivity index (χ1) is 12.6. The van der Waals surface area contributed by atoms with Gasteiger partial charge in [-0.25, -0.2) is 4.79 Å². The lowest BCUT2D eigenvalue weighted by atomic mass is 10.2. The van der Waals surface area contributed by atoms with Crippen LogP contribution in [0.2, 0.25) is 0 Å². The standard InChI is InChI=1S/C20H19NO5/c1-13(18-11-14-6-3-4-9-17(14)26-18)21-19(22)12-25-20(23)15-7-5-8-16(10-15)24-2/h3-11,13H,12H2,1-2H3,(H,21,22)/t13-/m0/s1. The third-order valence-electron chi connectivity index (χ3n) is 3.89. The van der Waals surface area contributed by atoms with E-state index in [2.05, 4.69) is 5.32 Å². The molecule has 134 valence electrons. The highest BCUT2D eigenvalue weighted by molar-refractivity contribution is 5.91. The van der Waals surface area contributed by atoms with Crippen molar-refractivity contribution in [3.63, 3.8) is 0 Å². The topological polar surface area (TPSA) is 77.8 Å². The van der Waals surface area contributed by atoms with E-state index in [1.54, 1.807) is 31.2 Å². The molecule has 0 aliphatic carbocycles. The van der Waals surface area contributed by atoms with E-state index in [-0.39, 0.29) is 12.6 Å². The molecule has 0 unspecified atom stereocenters. The second-order valence-corrected chi connectivity index (χ2v) is 5.78. The predicted molar refractivity (Wildman–Crippen MR) is 96.0 cm³/mol. The Morgan fingerprint density at radius 3 is 2.69 bits per heavy atom. The summed E-state index contributed by atoms with van der Waals surface area (Å²) in [6.07, 6.45) is 0. The van der Waals surface area contributed by atoms with Crippen molar-refractivity contribution in [2.24, 2.45) is 0 Å². The van der Waals surface area contributed by atoms with Gasteiger partial charge in [-0.15, -0.1) is 0 Å². The molecule has 6 nitrogen and oxygen atoms in total.